The van der Waals surface area contributed by atoms with E-state index in [1.54, 1.807) is 35.0 Å². The van der Waals surface area contributed by atoms with Crippen LogP contribution in [-0.2, 0) is 35.0 Å². The second-order valence-corrected chi connectivity index (χ2v) is 17.2. The summed E-state index contributed by atoms with van der Waals surface area (Å²) >= 11 is 1.38. The van der Waals surface area contributed by atoms with Gasteiger partial charge in [-0.1, -0.05) is 12.1 Å². The number of hydrogen-bond donors (Lipinski definition) is 1. The predicted molar refractivity (Wildman–Crippen MR) is 214 cm³/mol. The highest BCUT2D eigenvalue weighted by Crippen LogP contribution is 2.64. The first-order chi connectivity index (χ1) is 28.2. The fourth-order valence-electron chi connectivity index (χ4n) is 9.19. The lowest BCUT2D eigenvalue weighted by Crippen LogP contribution is -2.70. The number of rotatable bonds is 11. The molecule has 0 saturated carbocycles. The molecule has 2 saturated heterocycles. The fraction of sp³-hybridized carbons (Fsp3) is 0.571. The summed E-state index contributed by atoms with van der Waals surface area (Å²) in [5.41, 5.74) is 3.70. The Morgan fingerprint density at radius 2 is 1.85 bits per heavy atom. The van der Waals surface area contributed by atoms with Crippen LogP contribution in [0.1, 0.15) is 78.4 Å². The van der Waals surface area contributed by atoms with Gasteiger partial charge in [0, 0.05) is 60.7 Å². The summed E-state index contributed by atoms with van der Waals surface area (Å²) in [6, 6.07) is 0.695. The van der Waals surface area contributed by atoms with Gasteiger partial charge < -0.3 is 47.9 Å². The molecule has 4 bridgehead atoms. The van der Waals surface area contributed by atoms with Crippen LogP contribution in [0, 0.1) is 25.2 Å². The molecule has 0 aliphatic carbocycles. The van der Waals surface area contributed by atoms with Gasteiger partial charge in [0.2, 0.25) is 6.79 Å². The van der Waals surface area contributed by atoms with E-state index in [-0.39, 0.29) is 32.0 Å². The molecule has 0 spiro atoms. The van der Waals surface area contributed by atoms with E-state index in [0.717, 1.165) is 16.7 Å². The molecule has 2 aromatic carbocycles. The Kier molecular flexibility index (Phi) is 12.3. The third kappa shape index (κ3) is 7.77. The molecule has 1 N–H and O–H groups in total. The topological polar surface area (TPSA) is 177 Å². The first-order valence-electron chi connectivity index (χ1n) is 19.6. The van der Waals surface area contributed by atoms with Crippen LogP contribution < -0.4 is 29.0 Å². The number of carbonyl (C=O) groups excluding carboxylic acids is 3. The van der Waals surface area contributed by atoms with Gasteiger partial charge in [0.15, 0.2) is 29.8 Å². The number of carbonyl (C=O) groups is 3. The third-order valence-corrected chi connectivity index (χ3v) is 12.6. The molecule has 16 nitrogen and oxygen atoms in total. The number of cyclic esters (lactones) is 1. The third-order valence-electron chi connectivity index (χ3n) is 11.2. The van der Waals surface area contributed by atoms with Crippen LogP contribution in [0.15, 0.2) is 18.7 Å². The van der Waals surface area contributed by atoms with Crippen molar-refractivity contribution in [3.8, 4) is 34.8 Å². The summed E-state index contributed by atoms with van der Waals surface area (Å²) in [6.45, 7) is 15.2. The van der Waals surface area contributed by atoms with Gasteiger partial charge in [-0.3, -0.25) is 14.6 Å². The molecule has 7 rings (SSSR count). The number of fused-ring (bicyclic) bond motifs is 9. The molecule has 5 aliphatic heterocycles. The van der Waals surface area contributed by atoms with Crippen molar-refractivity contribution in [2.45, 2.75) is 95.1 Å². The number of hydrogen-bond acceptors (Lipinski definition) is 16. The predicted octanol–water partition coefficient (Wildman–Crippen LogP) is 4.97. The number of nitriles is 1. The molecule has 59 heavy (non-hydrogen) atoms. The molecule has 7 atom stereocenters. The van der Waals surface area contributed by atoms with Crippen molar-refractivity contribution in [2.75, 3.05) is 59.9 Å². The van der Waals surface area contributed by atoms with Crippen LogP contribution in [0.2, 0.25) is 0 Å². The van der Waals surface area contributed by atoms with Crippen LogP contribution in [-0.4, -0.2) is 118 Å². The van der Waals surface area contributed by atoms with Gasteiger partial charge in [-0.25, -0.2) is 9.59 Å². The summed E-state index contributed by atoms with van der Waals surface area (Å²) in [4.78, 5) is 44.5. The van der Waals surface area contributed by atoms with Gasteiger partial charge in [0.1, 0.15) is 30.0 Å². The highest BCUT2D eigenvalue weighted by Gasteiger charge is 2.61. The first-order valence-corrected chi connectivity index (χ1v) is 20.6. The van der Waals surface area contributed by atoms with Crippen molar-refractivity contribution in [3.63, 3.8) is 0 Å². The number of nitrogens with zero attached hydrogens (tertiary/aromatic N) is 3. The zero-order chi connectivity index (χ0) is 42.3. The van der Waals surface area contributed by atoms with Gasteiger partial charge in [0.25, 0.3) is 0 Å². The van der Waals surface area contributed by atoms with E-state index in [0.29, 0.717) is 71.6 Å². The normalized spacial score (nSPS) is 25.7. The zero-order valence-electron chi connectivity index (χ0n) is 34.7. The van der Waals surface area contributed by atoms with Crippen LogP contribution in [0.5, 0.6) is 28.7 Å². The molecule has 1 amide bonds. The Balaban J connectivity index is 1.49. The van der Waals surface area contributed by atoms with Crippen LogP contribution in [0.3, 0.4) is 0 Å². The molecule has 318 valence electrons. The van der Waals surface area contributed by atoms with E-state index in [4.69, 9.17) is 42.6 Å². The second kappa shape index (κ2) is 17.1. The Morgan fingerprint density at radius 1 is 1.08 bits per heavy atom. The van der Waals surface area contributed by atoms with E-state index in [2.05, 4.69) is 33.8 Å². The minimum Gasteiger partial charge on any atom is -0.493 e. The quantitative estimate of drug-likeness (QED) is 0.105. The molecule has 2 aromatic rings. The lowest BCUT2D eigenvalue weighted by Gasteiger charge is -2.62. The van der Waals surface area contributed by atoms with E-state index in [1.165, 1.54) is 18.7 Å². The maximum absolute atomic E-state index is 14.0. The number of methoxy groups -OCH3 is 2. The highest BCUT2D eigenvalue weighted by atomic mass is 32.2. The Labute approximate surface area is 348 Å². The average molecular weight is 837 g/mol. The Bertz CT molecular complexity index is 2050. The number of nitrogens with one attached hydrogen (secondary N) is 1. The standard InChI is InChI=1S/C42H52N4O12S/c1-10-11-45-26-15-24-14-21(2)34(51-9)37(54-19-52-13-12-50-8)29(24)32(45)33-39-31-30(38-36(55-20-56-38)22(3)35(31)57-23(4)47)28(46(33)27(26)16-43)17-53-40(48)25(18-59-39)44-41(49)58-42(5,6)7/h10,14,25-28,32-33,39H,1,11-13,15,17-20H2,2-9H3,(H,44,49)/t25?,26-,27-,28-,32+,33?,39+/m0/s1. The molecular weight excluding hydrogens is 785 g/mol. The molecule has 2 unspecified atom stereocenters. The van der Waals surface area contributed by atoms with Crippen molar-refractivity contribution < 1.29 is 57.0 Å². The minimum absolute atomic E-state index is 0.0276. The SMILES string of the molecule is C=CCN1[C@@H]2c3c(cc(C)c(OC)c3OCOCCOC)C[C@H]1[C@H](C#N)N1C2[C@@H]2SCC(NC(=O)OC(C)(C)C)C(=O)OC[C@H]1c1c3c(c(C)c(OC(C)=O)c12)OCO3. The lowest BCUT2D eigenvalue weighted by atomic mass is 9.71. The molecule has 17 heteroatoms. The molecule has 0 aromatic heterocycles. The average Bonchev–Trinajstić information content (AvgIpc) is 3.67. The molecular formula is C42H52N4O12S. The summed E-state index contributed by atoms with van der Waals surface area (Å²) in [5, 5.41) is 13.4. The maximum Gasteiger partial charge on any atom is 0.408 e. The van der Waals surface area contributed by atoms with Gasteiger partial charge in [-0.15, -0.1) is 18.3 Å². The fourth-order valence-corrected chi connectivity index (χ4v) is 10.7. The monoisotopic (exact) mass is 836 g/mol. The van der Waals surface area contributed by atoms with Crippen molar-refractivity contribution in [1.82, 2.24) is 15.1 Å². The minimum atomic E-state index is -1.12. The van der Waals surface area contributed by atoms with Gasteiger partial charge in [-0.2, -0.15) is 5.26 Å². The van der Waals surface area contributed by atoms with E-state index < -0.39 is 59.1 Å². The molecule has 2 fully saturated rings. The number of benzene rings is 2. The van der Waals surface area contributed by atoms with Gasteiger partial charge in [-0.05, 0) is 52.2 Å². The van der Waals surface area contributed by atoms with Crippen molar-refractivity contribution in [3.05, 3.63) is 52.1 Å². The van der Waals surface area contributed by atoms with Crippen molar-refractivity contribution >= 4 is 29.8 Å². The van der Waals surface area contributed by atoms with Crippen LogP contribution >= 0.6 is 11.8 Å². The molecule has 5 aliphatic rings. The summed E-state index contributed by atoms with van der Waals surface area (Å²) in [7, 11) is 3.19. The number of esters is 2. The molecule has 5 heterocycles. The zero-order valence-corrected chi connectivity index (χ0v) is 35.5. The smallest absolute Gasteiger partial charge is 0.408 e. The molecule has 0 radical (unpaired) electrons. The van der Waals surface area contributed by atoms with Crippen molar-refractivity contribution in [2.24, 2.45) is 0 Å². The van der Waals surface area contributed by atoms with E-state index >= 15 is 0 Å². The number of alkyl carbamates (subject to hydrolysis) is 1. The lowest BCUT2D eigenvalue weighted by molar-refractivity contribution is -0.151. The van der Waals surface area contributed by atoms with Crippen molar-refractivity contribution in [1.29, 1.82) is 5.26 Å². The highest BCUT2D eigenvalue weighted by molar-refractivity contribution is 7.99. The summed E-state index contributed by atoms with van der Waals surface area (Å²) < 4.78 is 53.7. The first kappa shape index (κ1) is 42.4. The largest absolute Gasteiger partial charge is 0.493 e. The van der Waals surface area contributed by atoms with Gasteiger partial charge in [0.05, 0.1) is 43.7 Å². The second-order valence-electron chi connectivity index (χ2n) is 16.0. The van der Waals surface area contributed by atoms with E-state index in [9.17, 15) is 19.6 Å². The number of aryl methyl sites for hydroxylation is 1. The maximum atomic E-state index is 14.0. The summed E-state index contributed by atoms with van der Waals surface area (Å²) in [5.74, 6) is 1.01. The van der Waals surface area contributed by atoms with Crippen LogP contribution in [0.4, 0.5) is 4.79 Å². The van der Waals surface area contributed by atoms with Gasteiger partial charge >= 0.3 is 18.0 Å². The Hall–Kier alpha value is -4.73. The number of thioether (sulfide) groups is 1. The Morgan fingerprint density at radius 3 is 2.53 bits per heavy atom. The van der Waals surface area contributed by atoms with Crippen LogP contribution in [0.25, 0.3) is 0 Å². The number of piperazine rings is 1. The van der Waals surface area contributed by atoms with E-state index in [1.807, 2.05) is 19.9 Å². The number of amides is 1. The summed E-state index contributed by atoms with van der Waals surface area (Å²) in [6.07, 6.45) is 1.53. The number of ether oxygens (including phenoxy) is 9.